The fourth-order valence-corrected chi connectivity index (χ4v) is 3.55. The van der Waals surface area contributed by atoms with E-state index in [1.54, 1.807) is 0 Å². The Kier molecular flexibility index (Phi) is 8.05. The predicted molar refractivity (Wildman–Crippen MR) is 95.9 cm³/mol. The van der Waals surface area contributed by atoms with E-state index in [0.717, 1.165) is 12.1 Å². The number of carboxylic acid groups (broad SMARTS) is 4. The second-order valence-corrected chi connectivity index (χ2v) is 7.98. The van der Waals surface area contributed by atoms with Crippen molar-refractivity contribution in [3.05, 3.63) is 58.7 Å². The first-order valence-electron chi connectivity index (χ1n) is 7.41. The van der Waals surface area contributed by atoms with Crippen molar-refractivity contribution in [1.82, 2.24) is 0 Å². The number of carbonyl (C=O) groups is 4. The second-order valence-electron chi connectivity index (χ2n) is 5.46. The van der Waals surface area contributed by atoms with Crippen LogP contribution in [0.2, 0.25) is 0 Å². The molecule has 0 saturated heterocycles. The smallest absolute Gasteiger partial charge is 0.335 e. The molecule has 0 saturated carbocycles. The fourth-order valence-electron chi connectivity index (χ4n) is 2.12. The van der Waals surface area contributed by atoms with Crippen molar-refractivity contribution in [2.75, 3.05) is 0 Å². The van der Waals surface area contributed by atoms with Crippen molar-refractivity contribution >= 4 is 64.7 Å². The van der Waals surface area contributed by atoms with Gasteiger partial charge in [0.25, 0.3) is 0 Å². The van der Waals surface area contributed by atoms with Crippen LogP contribution in [0, 0.1) is 0 Å². The SMILES string of the molecule is O=C(O)c1c[c]([Na])cc(C(=O)O)c1S(=O)(=O)O.O=C(O)c1ccc(C(=O)O)cc1. The minimum Gasteiger partial charge on any atom is -0.478 e. The first-order chi connectivity index (χ1) is 13.3. The van der Waals surface area contributed by atoms with Gasteiger partial charge in [-0.25, -0.2) is 9.59 Å². The molecule has 0 atom stereocenters. The van der Waals surface area contributed by atoms with Gasteiger partial charge < -0.3 is 10.2 Å². The second kappa shape index (κ2) is 9.62. The maximum Gasteiger partial charge on any atom is 0.335 e. The van der Waals surface area contributed by atoms with E-state index in [9.17, 15) is 27.6 Å². The van der Waals surface area contributed by atoms with Gasteiger partial charge in [0.05, 0.1) is 11.1 Å². The van der Waals surface area contributed by atoms with Gasteiger partial charge in [0.15, 0.2) is 0 Å². The molecule has 0 bridgehead atoms. The first kappa shape index (κ1) is 24.3. The van der Waals surface area contributed by atoms with E-state index < -0.39 is 50.0 Å². The van der Waals surface area contributed by atoms with Crippen molar-refractivity contribution in [3.63, 3.8) is 0 Å². The number of hydrogen-bond donors (Lipinski definition) is 5. The first-order valence-corrected chi connectivity index (χ1v) is 9.85. The summed E-state index contributed by atoms with van der Waals surface area (Å²) in [5.41, 5.74) is -1.31. The molecule has 5 N–H and O–H groups in total. The average molecular weight is 434 g/mol. The van der Waals surface area contributed by atoms with E-state index >= 15 is 0 Å². The molecule has 148 valence electrons. The Morgan fingerprint density at radius 3 is 1.21 bits per heavy atom. The van der Waals surface area contributed by atoms with Gasteiger partial charge in [-0.05, 0) is 24.3 Å². The maximum absolute atomic E-state index is 11.0. The van der Waals surface area contributed by atoms with E-state index in [1.807, 2.05) is 0 Å². The molecule has 0 radical (unpaired) electrons. The molecule has 0 aromatic heterocycles. The summed E-state index contributed by atoms with van der Waals surface area (Å²) < 4.78 is 31.4. The Balaban J connectivity index is 0.000000308. The third-order valence-electron chi connectivity index (χ3n) is 3.33. The zero-order valence-electron chi connectivity index (χ0n) is 14.6. The Bertz CT molecular complexity index is 1020. The van der Waals surface area contributed by atoms with Crippen LogP contribution in [0.1, 0.15) is 41.4 Å². The van der Waals surface area contributed by atoms with Gasteiger partial charge in [0.2, 0.25) is 0 Å². The zero-order chi connectivity index (χ0) is 22.5. The summed E-state index contributed by atoms with van der Waals surface area (Å²) in [6.07, 6.45) is 0. The Hall–Kier alpha value is -2.77. The molecule has 11 nitrogen and oxygen atoms in total. The van der Waals surface area contributed by atoms with Crippen molar-refractivity contribution in [2.24, 2.45) is 0 Å². The van der Waals surface area contributed by atoms with Gasteiger partial charge >= 0.3 is 126 Å². The van der Waals surface area contributed by atoms with Gasteiger partial charge in [0.1, 0.15) is 0 Å². The molecule has 2 rings (SSSR count). The Morgan fingerprint density at radius 2 is 1.00 bits per heavy atom. The molecular formula is C16H11NaO11S. The van der Waals surface area contributed by atoms with Gasteiger partial charge in [0, 0.05) is 0 Å². The molecule has 0 aliphatic rings. The third-order valence-corrected chi connectivity index (χ3v) is 4.86. The van der Waals surface area contributed by atoms with Gasteiger partial charge in [-0.15, -0.1) is 0 Å². The van der Waals surface area contributed by atoms with E-state index in [1.165, 1.54) is 24.3 Å². The number of benzene rings is 2. The van der Waals surface area contributed by atoms with Crippen molar-refractivity contribution in [2.45, 2.75) is 4.90 Å². The predicted octanol–water partition coefficient (Wildman–Crippen LogP) is 0.207. The van der Waals surface area contributed by atoms with E-state index in [-0.39, 0.29) is 11.1 Å². The summed E-state index contributed by atoms with van der Waals surface area (Å²) in [6, 6.07) is 7.09. The van der Waals surface area contributed by atoms with Crippen LogP contribution in [0.25, 0.3) is 0 Å². The minimum atomic E-state index is -4.92. The molecule has 0 aliphatic heterocycles. The molecular weight excluding hydrogens is 423 g/mol. The molecule has 0 fully saturated rings. The normalized spacial score (nSPS) is 10.4. The molecule has 0 spiro atoms. The van der Waals surface area contributed by atoms with Crippen LogP contribution in [-0.2, 0) is 10.1 Å². The number of aromatic carboxylic acids is 4. The number of hydrogen-bond acceptors (Lipinski definition) is 6. The maximum atomic E-state index is 11.0. The summed E-state index contributed by atoms with van der Waals surface area (Å²) in [4.78, 5) is 41.3. The van der Waals surface area contributed by atoms with Crippen LogP contribution in [0.5, 0.6) is 0 Å². The third kappa shape index (κ3) is 6.66. The van der Waals surface area contributed by atoms with Gasteiger partial charge in [-0.3, -0.25) is 0 Å². The summed E-state index contributed by atoms with van der Waals surface area (Å²) in [5, 5.41) is 34.5. The van der Waals surface area contributed by atoms with Crippen LogP contribution in [0.15, 0.2) is 41.3 Å². The molecule has 0 aliphatic carbocycles. The van der Waals surface area contributed by atoms with E-state index in [2.05, 4.69) is 0 Å². The number of carboxylic acids is 4. The standard InChI is InChI=1S/C8H5O7S.C8H6O4.Na/c9-7(10)4-2-1-3-5(8(11)12)6(4)16(13,14)15;9-7(10)5-1-2-6(4-3-5)8(11)12;/h2-3H,(H,9,10)(H,11,12)(H,13,14,15);1-4H,(H,9,10)(H,11,12);. The molecule has 29 heavy (non-hydrogen) atoms. The molecule has 2 aromatic rings. The fraction of sp³-hybridized carbons (Fsp3) is 0. The summed E-state index contributed by atoms with van der Waals surface area (Å²) in [5.74, 6) is -5.35. The Labute approximate surface area is 180 Å². The van der Waals surface area contributed by atoms with Gasteiger partial charge in [-0.2, -0.15) is 0 Å². The Morgan fingerprint density at radius 1 is 0.690 bits per heavy atom. The average Bonchev–Trinajstić information content (AvgIpc) is 2.60. The van der Waals surface area contributed by atoms with Crippen molar-refractivity contribution in [3.8, 4) is 0 Å². The van der Waals surface area contributed by atoms with E-state index in [4.69, 9.17) is 25.0 Å². The van der Waals surface area contributed by atoms with Crippen molar-refractivity contribution < 1.29 is 52.6 Å². The summed E-state index contributed by atoms with van der Waals surface area (Å²) in [7, 11) is -4.92. The van der Waals surface area contributed by atoms with Crippen LogP contribution in [0.4, 0.5) is 0 Å². The molecule has 0 heterocycles. The van der Waals surface area contributed by atoms with Gasteiger partial charge in [-0.1, -0.05) is 0 Å². The van der Waals surface area contributed by atoms with Crippen LogP contribution >= 0.6 is 0 Å². The van der Waals surface area contributed by atoms with Crippen LogP contribution < -0.4 is 2.81 Å². The number of rotatable bonds is 5. The summed E-state index contributed by atoms with van der Waals surface area (Å²) >= 11 is 0.344. The molecule has 13 heteroatoms. The quantitative estimate of drug-likeness (QED) is 0.318. The monoisotopic (exact) mass is 434 g/mol. The largest absolute Gasteiger partial charge is 0.478 e. The minimum absolute atomic E-state index is 0.0833. The van der Waals surface area contributed by atoms with Crippen LogP contribution in [-0.4, -0.2) is 85.2 Å². The zero-order valence-corrected chi connectivity index (χ0v) is 17.4. The van der Waals surface area contributed by atoms with E-state index in [0.29, 0.717) is 30.7 Å². The molecule has 0 unspecified atom stereocenters. The topological polar surface area (TPSA) is 204 Å². The van der Waals surface area contributed by atoms with Crippen LogP contribution in [0.3, 0.4) is 0 Å². The summed E-state index contributed by atoms with van der Waals surface area (Å²) in [6.45, 7) is 0. The molecule has 0 amide bonds. The van der Waals surface area contributed by atoms with Crippen molar-refractivity contribution in [1.29, 1.82) is 0 Å². The molecule has 2 aromatic carbocycles.